The first-order valence-corrected chi connectivity index (χ1v) is 10.2. The maximum atomic E-state index is 12.8. The van der Waals surface area contributed by atoms with Crippen LogP contribution in [0.3, 0.4) is 0 Å². The van der Waals surface area contributed by atoms with Crippen molar-refractivity contribution in [2.45, 2.75) is 11.8 Å². The molecule has 0 spiro atoms. The number of anilines is 1. The van der Waals surface area contributed by atoms with E-state index in [0.29, 0.717) is 30.1 Å². The summed E-state index contributed by atoms with van der Waals surface area (Å²) in [4.78, 5) is 14.6. The maximum Gasteiger partial charge on any atom is 0.262 e. The summed E-state index contributed by atoms with van der Waals surface area (Å²) in [6.07, 6.45) is 0. The zero-order chi connectivity index (χ0) is 19.4. The number of hydrogen-bond acceptors (Lipinski definition) is 5. The number of nitrogens with one attached hydrogen (secondary N) is 2. The van der Waals surface area contributed by atoms with Crippen LogP contribution in [-0.4, -0.2) is 52.5 Å². The molecule has 1 saturated heterocycles. The van der Waals surface area contributed by atoms with Crippen molar-refractivity contribution in [3.63, 3.8) is 0 Å². The molecule has 2 aromatic rings. The molecule has 0 atom stereocenters. The number of rotatable bonds is 5. The zero-order valence-electron chi connectivity index (χ0n) is 15.8. The lowest BCUT2D eigenvalue weighted by Crippen LogP contribution is -2.46. The van der Waals surface area contributed by atoms with Crippen molar-refractivity contribution in [1.82, 2.24) is 10.2 Å². The van der Waals surface area contributed by atoms with Gasteiger partial charge in [0.2, 0.25) is 0 Å². The minimum atomic E-state index is -3.86. The van der Waals surface area contributed by atoms with Crippen molar-refractivity contribution in [3.05, 3.63) is 53.6 Å². The topological polar surface area (TPSA) is 87.7 Å². The van der Waals surface area contributed by atoms with Crippen LogP contribution in [0.5, 0.6) is 5.75 Å². The quantitative estimate of drug-likeness (QED) is 0.767. The molecule has 152 valence electrons. The molecule has 1 fully saturated rings. The highest BCUT2D eigenvalue weighted by Crippen LogP contribution is 2.27. The number of piperazine rings is 1. The Hall–Kier alpha value is -2.29. The predicted octanol–water partition coefficient (Wildman–Crippen LogP) is 2.27. The van der Waals surface area contributed by atoms with E-state index in [-0.39, 0.29) is 23.2 Å². The second-order valence-corrected chi connectivity index (χ2v) is 8.01. The summed E-state index contributed by atoms with van der Waals surface area (Å²) < 4.78 is 33.4. The molecule has 7 nitrogen and oxygen atoms in total. The minimum Gasteiger partial charge on any atom is -0.495 e. The number of hydrogen-bond donors (Lipinski definition) is 2. The first-order chi connectivity index (χ1) is 12.9. The fourth-order valence-corrected chi connectivity index (χ4v) is 4.07. The van der Waals surface area contributed by atoms with Crippen molar-refractivity contribution in [3.8, 4) is 5.75 Å². The number of para-hydroxylation sites is 2. The standard InChI is InChI=1S/C19H23N3O4S.ClH/c1-14-7-8-15(13-16(14)19(23)22-11-9-20-10-12-22)27(24,25)21-17-5-3-4-6-18(17)26-2;/h3-8,13,20-21H,9-12H2,1-2H3;1H. The van der Waals surface area contributed by atoms with Gasteiger partial charge in [-0.1, -0.05) is 18.2 Å². The number of carbonyl (C=O) groups excluding carboxylic acids is 1. The normalized spacial score (nSPS) is 14.1. The fourth-order valence-electron chi connectivity index (χ4n) is 2.97. The van der Waals surface area contributed by atoms with Crippen molar-refractivity contribution in [2.75, 3.05) is 38.0 Å². The fraction of sp³-hybridized carbons (Fsp3) is 0.316. The molecule has 0 bridgehead atoms. The van der Waals surface area contributed by atoms with Crippen molar-refractivity contribution >= 4 is 34.0 Å². The summed E-state index contributed by atoms with van der Waals surface area (Å²) in [6, 6.07) is 11.4. The average Bonchev–Trinajstić information content (AvgIpc) is 2.68. The Balaban J connectivity index is 0.00000280. The molecule has 0 aromatic heterocycles. The van der Waals surface area contributed by atoms with Gasteiger partial charge < -0.3 is 15.0 Å². The van der Waals surface area contributed by atoms with Gasteiger partial charge in [0.1, 0.15) is 5.75 Å². The van der Waals surface area contributed by atoms with Crippen molar-refractivity contribution < 1.29 is 17.9 Å². The highest BCUT2D eigenvalue weighted by atomic mass is 35.5. The number of benzene rings is 2. The van der Waals surface area contributed by atoms with Gasteiger partial charge in [0.25, 0.3) is 15.9 Å². The van der Waals surface area contributed by atoms with Gasteiger partial charge in [0, 0.05) is 31.7 Å². The molecule has 2 N–H and O–H groups in total. The molecule has 0 radical (unpaired) electrons. The summed E-state index contributed by atoms with van der Waals surface area (Å²) in [6.45, 7) is 4.49. The largest absolute Gasteiger partial charge is 0.495 e. The SMILES string of the molecule is COc1ccccc1NS(=O)(=O)c1ccc(C)c(C(=O)N2CCNCC2)c1.Cl. The third kappa shape index (κ3) is 4.76. The number of amides is 1. The van der Waals surface area contributed by atoms with Crippen LogP contribution in [-0.2, 0) is 10.0 Å². The van der Waals surface area contributed by atoms with Crippen LogP contribution < -0.4 is 14.8 Å². The summed E-state index contributed by atoms with van der Waals surface area (Å²) in [5.74, 6) is 0.272. The van der Waals surface area contributed by atoms with Crippen molar-refractivity contribution in [2.24, 2.45) is 0 Å². The number of aryl methyl sites for hydroxylation is 1. The van der Waals surface area contributed by atoms with Crippen LogP contribution in [0.1, 0.15) is 15.9 Å². The molecule has 1 heterocycles. The van der Waals surface area contributed by atoms with E-state index in [4.69, 9.17) is 4.74 Å². The smallest absolute Gasteiger partial charge is 0.262 e. The van der Waals surface area contributed by atoms with E-state index >= 15 is 0 Å². The lowest BCUT2D eigenvalue weighted by Gasteiger charge is -2.28. The van der Waals surface area contributed by atoms with Gasteiger partial charge >= 0.3 is 0 Å². The zero-order valence-corrected chi connectivity index (χ0v) is 17.4. The second kappa shape index (κ2) is 9.27. The van der Waals surface area contributed by atoms with Crippen LogP contribution in [0.25, 0.3) is 0 Å². The number of halogens is 1. The molecule has 1 aliphatic heterocycles. The van der Waals surface area contributed by atoms with Gasteiger partial charge in [0.05, 0.1) is 17.7 Å². The van der Waals surface area contributed by atoms with E-state index in [2.05, 4.69) is 10.0 Å². The Morgan fingerprint density at radius 2 is 1.82 bits per heavy atom. The lowest BCUT2D eigenvalue weighted by atomic mass is 10.1. The van der Waals surface area contributed by atoms with Crippen LogP contribution in [0.15, 0.2) is 47.4 Å². The molecule has 2 aromatic carbocycles. The first kappa shape index (κ1) is 22.0. The molecule has 0 aliphatic carbocycles. The maximum absolute atomic E-state index is 12.8. The van der Waals surface area contributed by atoms with E-state index < -0.39 is 10.0 Å². The van der Waals surface area contributed by atoms with Gasteiger partial charge in [-0.3, -0.25) is 9.52 Å². The van der Waals surface area contributed by atoms with Gasteiger partial charge in [-0.15, -0.1) is 12.4 Å². The van der Waals surface area contributed by atoms with Crippen LogP contribution in [0.2, 0.25) is 0 Å². The summed E-state index contributed by atoms with van der Waals surface area (Å²) >= 11 is 0. The molecule has 0 unspecified atom stereocenters. The van der Waals surface area contributed by atoms with E-state index in [1.165, 1.54) is 19.2 Å². The van der Waals surface area contributed by atoms with Crippen LogP contribution in [0, 0.1) is 6.92 Å². The third-order valence-electron chi connectivity index (χ3n) is 4.51. The molecule has 3 rings (SSSR count). The molecular formula is C19H24ClN3O4S. The van der Waals surface area contributed by atoms with E-state index in [1.54, 1.807) is 42.2 Å². The monoisotopic (exact) mass is 425 g/mol. The van der Waals surface area contributed by atoms with Crippen LogP contribution >= 0.6 is 12.4 Å². The second-order valence-electron chi connectivity index (χ2n) is 6.32. The Morgan fingerprint density at radius 1 is 1.14 bits per heavy atom. The highest BCUT2D eigenvalue weighted by Gasteiger charge is 2.23. The highest BCUT2D eigenvalue weighted by molar-refractivity contribution is 7.92. The summed E-state index contributed by atoms with van der Waals surface area (Å²) in [5, 5.41) is 3.20. The molecule has 1 aliphatic rings. The molecule has 1 amide bonds. The first-order valence-electron chi connectivity index (χ1n) is 8.69. The van der Waals surface area contributed by atoms with Gasteiger partial charge in [-0.05, 0) is 36.8 Å². The van der Waals surface area contributed by atoms with Crippen LogP contribution in [0.4, 0.5) is 5.69 Å². The molecular weight excluding hydrogens is 402 g/mol. The molecule has 0 saturated carbocycles. The minimum absolute atomic E-state index is 0. The number of sulfonamides is 1. The number of methoxy groups -OCH3 is 1. The molecule has 9 heteroatoms. The van der Waals surface area contributed by atoms with Gasteiger partial charge in [-0.25, -0.2) is 8.42 Å². The van der Waals surface area contributed by atoms with Crippen molar-refractivity contribution in [1.29, 1.82) is 0 Å². The van der Waals surface area contributed by atoms with Gasteiger partial charge in [-0.2, -0.15) is 0 Å². The Bertz CT molecular complexity index is 944. The number of ether oxygens (including phenoxy) is 1. The molecule has 28 heavy (non-hydrogen) atoms. The van der Waals surface area contributed by atoms with E-state index in [9.17, 15) is 13.2 Å². The predicted molar refractivity (Wildman–Crippen MR) is 111 cm³/mol. The lowest BCUT2D eigenvalue weighted by molar-refractivity contribution is 0.0735. The Kier molecular flexibility index (Phi) is 7.29. The van der Waals surface area contributed by atoms with E-state index in [0.717, 1.165) is 18.7 Å². The third-order valence-corrected chi connectivity index (χ3v) is 5.87. The average molecular weight is 426 g/mol. The Labute approximate surface area is 171 Å². The van der Waals surface area contributed by atoms with E-state index in [1.807, 2.05) is 0 Å². The van der Waals surface area contributed by atoms with Gasteiger partial charge in [0.15, 0.2) is 0 Å². The Morgan fingerprint density at radius 3 is 2.50 bits per heavy atom. The summed E-state index contributed by atoms with van der Waals surface area (Å²) in [7, 11) is -2.39. The number of carbonyl (C=O) groups is 1. The number of nitrogens with zero attached hydrogens (tertiary/aromatic N) is 1. The summed E-state index contributed by atoms with van der Waals surface area (Å²) in [5.41, 5.74) is 1.49.